The number of benzene rings is 3. The van der Waals surface area contributed by atoms with Gasteiger partial charge in [-0.2, -0.15) is 0 Å². The summed E-state index contributed by atoms with van der Waals surface area (Å²) in [6.07, 6.45) is 1.46. The summed E-state index contributed by atoms with van der Waals surface area (Å²) in [7, 11) is 0. The SMILES string of the molecule is O=C(CN/N=C/c1ccc([N+](=O)[O-])cc1)Nc1ccc([Se]c2ccc([N+](=O)[O-])cc2)cc1. The fourth-order valence-electron chi connectivity index (χ4n) is 2.50. The summed E-state index contributed by atoms with van der Waals surface area (Å²) in [6.45, 7) is -0.0437. The van der Waals surface area contributed by atoms with Gasteiger partial charge in [0.25, 0.3) is 5.69 Å². The Kier molecular flexibility index (Phi) is 7.63. The fraction of sp³-hybridized carbons (Fsp3) is 0.0476. The number of carbonyl (C=O) groups excluding carboxylic acids is 1. The molecule has 0 heterocycles. The minimum absolute atomic E-state index is 0.00514. The Balaban J connectivity index is 1.44. The predicted octanol–water partition coefficient (Wildman–Crippen LogP) is 1.72. The molecule has 0 aliphatic rings. The van der Waals surface area contributed by atoms with Crippen molar-refractivity contribution >= 4 is 53.1 Å². The summed E-state index contributed by atoms with van der Waals surface area (Å²) < 4.78 is 2.07. The summed E-state index contributed by atoms with van der Waals surface area (Å²) in [5.41, 5.74) is 3.98. The van der Waals surface area contributed by atoms with Crippen LogP contribution in [-0.4, -0.2) is 43.5 Å². The van der Waals surface area contributed by atoms with Gasteiger partial charge >= 0.3 is 156 Å². The van der Waals surface area contributed by atoms with Crippen molar-refractivity contribution in [3.63, 3.8) is 0 Å². The van der Waals surface area contributed by atoms with Crippen molar-refractivity contribution in [2.75, 3.05) is 11.9 Å². The van der Waals surface area contributed by atoms with E-state index in [1.807, 2.05) is 12.1 Å². The zero-order chi connectivity index (χ0) is 22.9. The topological polar surface area (TPSA) is 140 Å². The molecule has 11 heteroatoms. The molecule has 1 amide bonds. The summed E-state index contributed by atoms with van der Waals surface area (Å²) in [5, 5.41) is 28.0. The zero-order valence-electron chi connectivity index (χ0n) is 16.5. The van der Waals surface area contributed by atoms with Crippen molar-refractivity contribution < 1.29 is 14.6 Å². The fourth-order valence-corrected chi connectivity index (χ4v) is 4.22. The van der Waals surface area contributed by atoms with Gasteiger partial charge in [0.15, 0.2) is 0 Å². The molecule has 0 saturated heterocycles. The molecule has 3 aromatic carbocycles. The van der Waals surface area contributed by atoms with E-state index in [2.05, 4.69) is 15.8 Å². The number of amides is 1. The van der Waals surface area contributed by atoms with Crippen molar-refractivity contribution in [2.45, 2.75) is 0 Å². The Morgan fingerprint density at radius 2 is 1.34 bits per heavy atom. The molecule has 0 spiro atoms. The third-order valence-electron chi connectivity index (χ3n) is 4.07. The zero-order valence-corrected chi connectivity index (χ0v) is 18.2. The van der Waals surface area contributed by atoms with Crippen LogP contribution in [0.3, 0.4) is 0 Å². The molecule has 0 atom stereocenters. The Hall–Kier alpha value is -4.08. The van der Waals surface area contributed by atoms with Gasteiger partial charge in [-0.3, -0.25) is 10.1 Å². The molecule has 2 N–H and O–H groups in total. The Morgan fingerprint density at radius 1 is 0.844 bits per heavy atom. The summed E-state index contributed by atoms with van der Waals surface area (Å²) in [5.74, 6) is -0.278. The Labute approximate surface area is 188 Å². The van der Waals surface area contributed by atoms with Gasteiger partial charge in [-0.15, -0.1) is 0 Å². The van der Waals surface area contributed by atoms with E-state index in [9.17, 15) is 25.0 Å². The standard InChI is InChI=1S/C21H17N5O5Se/c27-21(14-23-22-13-15-1-5-17(6-2-15)25(28)29)24-16-3-9-19(10-4-16)32-20-11-7-18(8-12-20)26(30)31/h1-13,23H,14H2,(H,24,27)/b22-13+. The number of nitro benzene ring substituents is 2. The molecule has 10 nitrogen and oxygen atoms in total. The molecule has 0 unspecified atom stereocenters. The van der Waals surface area contributed by atoms with E-state index in [1.165, 1.54) is 30.5 Å². The quantitative estimate of drug-likeness (QED) is 0.199. The van der Waals surface area contributed by atoms with E-state index in [4.69, 9.17) is 0 Å². The number of rotatable bonds is 9. The number of anilines is 1. The first kappa shape index (κ1) is 22.6. The molecule has 162 valence electrons. The molecule has 0 aliphatic carbocycles. The molecular formula is C21H17N5O5Se. The second kappa shape index (κ2) is 10.8. The first-order chi connectivity index (χ1) is 15.4. The first-order valence-electron chi connectivity index (χ1n) is 9.23. The van der Waals surface area contributed by atoms with Crippen LogP contribution in [0.5, 0.6) is 0 Å². The molecule has 3 aromatic rings. The van der Waals surface area contributed by atoms with Gasteiger partial charge in [0.2, 0.25) is 0 Å². The normalized spacial score (nSPS) is 10.6. The van der Waals surface area contributed by atoms with Crippen LogP contribution in [-0.2, 0) is 4.79 Å². The second-order valence-electron chi connectivity index (χ2n) is 6.37. The molecule has 0 bridgehead atoms. The van der Waals surface area contributed by atoms with E-state index >= 15 is 0 Å². The van der Waals surface area contributed by atoms with Crippen LogP contribution in [0.1, 0.15) is 5.56 Å². The van der Waals surface area contributed by atoms with Gasteiger partial charge in [-0.1, -0.05) is 0 Å². The molecule has 0 saturated carbocycles. The van der Waals surface area contributed by atoms with Crippen molar-refractivity contribution in [2.24, 2.45) is 5.10 Å². The Morgan fingerprint density at radius 3 is 1.88 bits per heavy atom. The van der Waals surface area contributed by atoms with Crippen LogP contribution in [0.4, 0.5) is 17.1 Å². The van der Waals surface area contributed by atoms with Crippen LogP contribution in [0, 0.1) is 20.2 Å². The number of hydrogen-bond acceptors (Lipinski definition) is 7. The number of nitrogens with one attached hydrogen (secondary N) is 2. The minimum atomic E-state index is -0.479. The van der Waals surface area contributed by atoms with E-state index in [0.29, 0.717) is 11.3 Å². The van der Waals surface area contributed by atoms with Crippen molar-refractivity contribution in [3.8, 4) is 0 Å². The molecule has 0 radical (unpaired) electrons. The van der Waals surface area contributed by atoms with Crippen LogP contribution in [0.25, 0.3) is 0 Å². The number of non-ortho nitro benzene ring substituents is 2. The van der Waals surface area contributed by atoms with Crippen LogP contribution in [0.15, 0.2) is 77.9 Å². The summed E-state index contributed by atoms with van der Waals surface area (Å²) >= 11 is -0.00813. The third-order valence-corrected chi connectivity index (χ3v) is 6.20. The molecule has 32 heavy (non-hydrogen) atoms. The number of carbonyl (C=O) groups is 1. The van der Waals surface area contributed by atoms with Crippen LogP contribution < -0.4 is 19.7 Å². The molecular weight excluding hydrogens is 481 g/mol. The molecule has 3 rings (SSSR count). The maximum atomic E-state index is 12.0. The van der Waals surface area contributed by atoms with Gasteiger partial charge in [0.1, 0.15) is 0 Å². The van der Waals surface area contributed by atoms with Gasteiger partial charge < -0.3 is 0 Å². The average Bonchev–Trinajstić information content (AvgIpc) is 2.79. The van der Waals surface area contributed by atoms with Gasteiger partial charge in [0.05, 0.1) is 4.92 Å². The van der Waals surface area contributed by atoms with E-state index in [0.717, 1.165) is 8.92 Å². The van der Waals surface area contributed by atoms with E-state index in [1.54, 1.807) is 36.4 Å². The van der Waals surface area contributed by atoms with Crippen molar-refractivity contribution in [1.29, 1.82) is 0 Å². The van der Waals surface area contributed by atoms with Gasteiger partial charge in [-0.05, 0) is 0 Å². The number of nitro groups is 2. The van der Waals surface area contributed by atoms with E-state index < -0.39 is 9.85 Å². The van der Waals surface area contributed by atoms with E-state index in [-0.39, 0.29) is 38.8 Å². The first-order valence-corrected chi connectivity index (χ1v) is 10.9. The van der Waals surface area contributed by atoms with Gasteiger partial charge in [-0.25, -0.2) is 0 Å². The van der Waals surface area contributed by atoms with Crippen molar-refractivity contribution in [3.05, 3.63) is 98.6 Å². The summed E-state index contributed by atoms with van der Waals surface area (Å²) in [4.78, 5) is 32.5. The van der Waals surface area contributed by atoms with Crippen LogP contribution in [0.2, 0.25) is 0 Å². The summed E-state index contributed by atoms with van der Waals surface area (Å²) in [6, 6.07) is 19.7. The molecule has 0 aliphatic heterocycles. The second-order valence-corrected chi connectivity index (χ2v) is 8.77. The Bertz CT molecular complexity index is 1130. The van der Waals surface area contributed by atoms with Crippen molar-refractivity contribution in [1.82, 2.24) is 5.43 Å². The number of hydrogen-bond donors (Lipinski definition) is 2. The average molecular weight is 498 g/mol. The molecule has 0 fully saturated rings. The number of hydrazone groups is 1. The van der Waals surface area contributed by atoms with Crippen LogP contribution >= 0.6 is 0 Å². The predicted molar refractivity (Wildman–Crippen MR) is 122 cm³/mol. The van der Waals surface area contributed by atoms with Gasteiger partial charge in [0, 0.05) is 12.1 Å². The maximum absolute atomic E-state index is 12.0. The monoisotopic (exact) mass is 499 g/mol. The molecule has 0 aromatic heterocycles. The third kappa shape index (κ3) is 6.73. The number of nitrogens with zero attached hydrogens (tertiary/aromatic N) is 3.